The number of carbonyl (C=O) groups excluding carboxylic acids is 1. The molecule has 4 rings (SSSR count). The summed E-state index contributed by atoms with van der Waals surface area (Å²) in [5.74, 6) is 1.88. The lowest BCUT2D eigenvalue weighted by molar-refractivity contribution is 0.103. The Hall–Kier alpha value is -2.79. The number of hydrogen-bond donors (Lipinski definition) is 3. The zero-order chi connectivity index (χ0) is 23.4. The monoisotopic (exact) mass is 487 g/mol. The van der Waals surface area contributed by atoms with Crippen LogP contribution >= 0.6 is 22.9 Å². The van der Waals surface area contributed by atoms with E-state index in [1.807, 2.05) is 26.0 Å². The second-order valence-corrected chi connectivity index (χ2v) is 9.25. The normalized spacial score (nSPS) is 14.4. The second-order valence-electron chi connectivity index (χ2n) is 7.78. The quantitative estimate of drug-likeness (QED) is 0.466. The maximum absolute atomic E-state index is 12.7. The van der Waals surface area contributed by atoms with Gasteiger partial charge in [-0.2, -0.15) is 0 Å². The number of hydrogen-bond acceptors (Lipinski definition) is 9. The number of carbonyl (C=O) groups is 1. The van der Waals surface area contributed by atoms with Crippen molar-refractivity contribution in [1.29, 1.82) is 0 Å². The molecule has 0 aliphatic carbocycles. The molecule has 1 aliphatic heterocycles. The van der Waals surface area contributed by atoms with Crippen LogP contribution in [0.25, 0.3) is 0 Å². The summed E-state index contributed by atoms with van der Waals surface area (Å²) in [6.45, 7) is 8.05. The van der Waals surface area contributed by atoms with Crippen molar-refractivity contribution in [3.63, 3.8) is 0 Å². The van der Waals surface area contributed by atoms with E-state index in [1.54, 1.807) is 12.1 Å². The molecule has 0 saturated carbocycles. The van der Waals surface area contributed by atoms with E-state index >= 15 is 0 Å². The topological polar surface area (TPSA) is 107 Å². The van der Waals surface area contributed by atoms with Crippen LogP contribution in [0.3, 0.4) is 0 Å². The fraction of sp³-hybridized carbons (Fsp3) is 0.364. The number of aromatic nitrogens is 3. The van der Waals surface area contributed by atoms with Gasteiger partial charge in [0, 0.05) is 49.5 Å². The first-order valence-corrected chi connectivity index (χ1v) is 11.8. The number of β-amino-alcohol motifs (C(OH)–C–C–N with tert-alkyl or cyclic N) is 1. The Morgan fingerprint density at radius 2 is 1.97 bits per heavy atom. The number of rotatable bonds is 7. The molecule has 0 bridgehead atoms. The van der Waals surface area contributed by atoms with Gasteiger partial charge < -0.3 is 20.6 Å². The van der Waals surface area contributed by atoms with Gasteiger partial charge in [-0.25, -0.2) is 15.0 Å². The van der Waals surface area contributed by atoms with E-state index in [2.05, 4.69) is 35.4 Å². The number of aliphatic hydroxyl groups excluding tert-OH is 1. The van der Waals surface area contributed by atoms with E-state index in [4.69, 9.17) is 16.7 Å². The number of anilines is 4. The molecule has 1 fully saturated rings. The highest BCUT2D eigenvalue weighted by Gasteiger charge is 2.19. The average Bonchev–Trinajstić information content (AvgIpc) is 3.25. The third kappa shape index (κ3) is 5.97. The molecule has 3 heterocycles. The summed E-state index contributed by atoms with van der Waals surface area (Å²) in [5.41, 5.74) is 1.60. The number of nitrogens with one attached hydrogen (secondary N) is 2. The van der Waals surface area contributed by atoms with Gasteiger partial charge in [0.1, 0.15) is 22.3 Å². The van der Waals surface area contributed by atoms with Gasteiger partial charge in [0.25, 0.3) is 5.91 Å². The summed E-state index contributed by atoms with van der Waals surface area (Å²) < 4.78 is 0. The number of amides is 1. The molecule has 11 heteroatoms. The third-order valence-electron chi connectivity index (χ3n) is 5.35. The minimum absolute atomic E-state index is 0.174. The lowest BCUT2D eigenvalue weighted by Gasteiger charge is -2.35. The summed E-state index contributed by atoms with van der Waals surface area (Å²) in [6.07, 6.45) is 1.54. The van der Waals surface area contributed by atoms with Crippen molar-refractivity contribution in [2.75, 3.05) is 54.9 Å². The summed E-state index contributed by atoms with van der Waals surface area (Å²) in [5, 5.41) is 16.3. The smallest absolute Gasteiger partial charge is 0.267 e. The molecule has 0 unspecified atom stereocenters. The number of thiazole rings is 1. The van der Waals surface area contributed by atoms with Crippen LogP contribution in [-0.4, -0.2) is 70.2 Å². The third-order valence-corrected chi connectivity index (χ3v) is 6.50. The largest absolute Gasteiger partial charge is 0.395 e. The number of halogens is 1. The Morgan fingerprint density at radius 1 is 1.18 bits per heavy atom. The van der Waals surface area contributed by atoms with E-state index < -0.39 is 0 Å². The Bertz CT molecular complexity index is 1130. The number of nitrogens with zero attached hydrogens (tertiary/aromatic N) is 5. The van der Waals surface area contributed by atoms with Gasteiger partial charge in [0.2, 0.25) is 0 Å². The average molecular weight is 488 g/mol. The van der Waals surface area contributed by atoms with Crippen LogP contribution in [0.4, 0.5) is 22.5 Å². The van der Waals surface area contributed by atoms with Gasteiger partial charge in [-0.1, -0.05) is 29.0 Å². The minimum Gasteiger partial charge on any atom is -0.395 e. The van der Waals surface area contributed by atoms with E-state index in [1.165, 1.54) is 17.5 Å². The van der Waals surface area contributed by atoms with Crippen LogP contribution in [0.15, 0.2) is 30.5 Å². The van der Waals surface area contributed by atoms with Gasteiger partial charge >= 0.3 is 0 Å². The summed E-state index contributed by atoms with van der Waals surface area (Å²) in [7, 11) is 0. The standard InChI is InChI=1S/C22H26ClN7O2S/c1-14-3-4-16(23)11-17(14)27-21(32)18-13-24-22(33-18)28-19-12-20(26-15(2)25-19)30-7-5-29(6-8-30)9-10-31/h3-4,11-13,31H,5-10H2,1-2H3,(H,27,32)(H,24,25,26,28). The Balaban J connectivity index is 1.42. The highest BCUT2D eigenvalue weighted by Crippen LogP contribution is 2.26. The molecule has 3 aromatic rings. The fourth-order valence-electron chi connectivity index (χ4n) is 3.58. The van der Waals surface area contributed by atoms with E-state index in [-0.39, 0.29) is 12.5 Å². The highest BCUT2D eigenvalue weighted by atomic mass is 35.5. The summed E-state index contributed by atoms with van der Waals surface area (Å²) in [4.78, 5) is 31.0. The van der Waals surface area contributed by atoms with Gasteiger partial charge in [-0.05, 0) is 31.5 Å². The van der Waals surface area contributed by atoms with Crippen molar-refractivity contribution < 1.29 is 9.90 Å². The van der Waals surface area contributed by atoms with E-state index in [0.29, 0.717) is 38.9 Å². The maximum atomic E-state index is 12.7. The van der Waals surface area contributed by atoms with Crippen LogP contribution in [0.2, 0.25) is 5.02 Å². The lowest BCUT2D eigenvalue weighted by atomic mass is 10.2. The lowest BCUT2D eigenvalue weighted by Crippen LogP contribution is -2.47. The highest BCUT2D eigenvalue weighted by molar-refractivity contribution is 7.17. The molecule has 0 atom stereocenters. The molecule has 9 nitrogen and oxygen atoms in total. The molecule has 33 heavy (non-hydrogen) atoms. The van der Waals surface area contributed by atoms with Crippen LogP contribution in [0, 0.1) is 13.8 Å². The van der Waals surface area contributed by atoms with Crippen molar-refractivity contribution in [2.45, 2.75) is 13.8 Å². The molecular formula is C22H26ClN7O2S. The SMILES string of the molecule is Cc1nc(Nc2ncc(C(=O)Nc3cc(Cl)ccc3C)s2)cc(N2CCN(CCO)CC2)n1. The van der Waals surface area contributed by atoms with Crippen LogP contribution < -0.4 is 15.5 Å². The van der Waals surface area contributed by atoms with Crippen molar-refractivity contribution >= 4 is 51.3 Å². The molecule has 1 aliphatic rings. The van der Waals surface area contributed by atoms with Crippen LogP contribution in [0.1, 0.15) is 21.1 Å². The Kier molecular flexibility index (Phi) is 7.39. The van der Waals surface area contributed by atoms with Gasteiger partial charge in [-0.3, -0.25) is 9.69 Å². The van der Waals surface area contributed by atoms with Crippen molar-refractivity contribution in [3.05, 3.63) is 51.7 Å². The molecule has 174 valence electrons. The van der Waals surface area contributed by atoms with Gasteiger partial charge in [-0.15, -0.1) is 0 Å². The molecule has 0 radical (unpaired) electrons. The maximum Gasteiger partial charge on any atom is 0.267 e. The Labute approximate surface area is 201 Å². The fourth-order valence-corrected chi connectivity index (χ4v) is 4.47. The van der Waals surface area contributed by atoms with Crippen molar-refractivity contribution in [1.82, 2.24) is 19.9 Å². The second kappa shape index (κ2) is 10.4. The van der Waals surface area contributed by atoms with Crippen molar-refractivity contribution in [3.8, 4) is 0 Å². The minimum atomic E-state index is -0.244. The first kappa shape index (κ1) is 23.4. The number of aliphatic hydroxyl groups is 1. The van der Waals surface area contributed by atoms with Gasteiger partial charge in [0.05, 0.1) is 12.8 Å². The predicted molar refractivity (Wildman–Crippen MR) is 132 cm³/mol. The first-order valence-electron chi connectivity index (χ1n) is 10.7. The Morgan fingerprint density at radius 3 is 2.73 bits per heavy atom. The molecule has 2 aromatic heterocycles. The molecule has 0 spiro atoms. The predicted octanol–water partition coefficient (Wildman–Crippen LogP) is 3.31. The van der Waals surface area contributed by atoms with E-state index in [0.717, 1.165) is 37.6 Å². The van der Waals surface area contributed by atoms with E-state index in [9.17, 15) is 4.79 Å². The zero-order valence-corrected chi connectivity index (χ0v) is 20.1. The molecule has 1 aromatic carbocycles. The number of piperazine rings is 1. The van der Waals surface area contributed by atoms with Gasteiger partial charge in [0.15, 0.2) is 5.13 Å². The molecule has 1 amide bonds. The first-order chi connectivity index (χ1) is 15.9. The summed E-state index contributed by atoms with van der Waals surface area (Å²) >= 11 is 7.29. The zero-order valence-electron chi connectivity index (χ0n) is 18.5. The summed E-state index contributed by atoms with van der Waals surface area (Å²) in [6, 6.07) is 7.27. The van der Waals surface area contributed by atoms with Crippen LogP contribution in [0.5, 0.6) is 0 Å². The number of benzene rings is 1. The molecule has 1 saturated heterocycles. The van der Waals surface area contributed by atoms with Crippen molar-refractivity contribution in [2.24, 2.45) is 0 Å². The molecular weight excluding hydrogens is 462 g/mol. The molecule has 3 N–H and O–H groups in total. The number of aryl methyl sites for hydroxylation is 2. The van der Waals surface area contributed by atoms with Crippen LogP contribution in [-0.2, 0) is 0 Å².